The van der Waals surface area contributed by atoms with Gasteiger partial charge in [-0.3, -0.25) is 4.79 Å². The lowest BCUT2D eigenvalue weighted by molar-refractivity contribution is -0.149. The van der Waals surface area contributed by atoms with E-state index in [0.29, 0.717) is 18.5 Å². The molecule has 1 aliphatic rings. The molecule has 2 heterocycles. The lowest BCUT2D eigenvalue weighted by Crippen LogP contribution is -2.44. The predicted molar refractivity (Wildman–Crippen MR) is 122 cm³/mol. The van der Waals surface area contributed by atoms with Gasteiger partial charge in [0.2, 0.25) is 5.91 Å². The summed E-state index contributed by atoms with van der Waals surface area (Å²) < 4.78 is 5.52. The number of aliphatic hydroxyl groups excluding tert-OH is 1. The van der Waals surface area contributed by atoms with E-state index in [9.17, 15) is 14.7 Å². The van der Waals surface area contributed by atoms with E-state index in [1.807, 2.05) is 61.5 Å². The first-order chi connectivity index (χ1) is 15.5. The van der Waals surface area contributed by atoms with Gasteiger partial charge in [-0.2, -0.15) is 0 Å². The molecule has 3 aromatic rings. The maximum Gasteiger partial charge on any atom is 0.333 e. The third kappa shape index (κ3) is 5.21. The Balaban J connectivity index is 1.52. The quantitative estimate of drug-likeness (QED) is 0.478. The zero-order chi connectivity index (χ0) is 22.5. The highest BCUT2D eigenvalue weighted by Gasteiger charge is 2.32. The first kappa shape index (κ1) is 22.1. The number of carbonyl (C=O) groups is 2. The van der Waals surface area contributed by atoms with Crippen molar-refractivity contribution in [2.45, 2.75) is 38.1 Å². The van der Waals surface area contributed by atoms with Gasteiger partial charge in [-0.15, -0.1) is 11.3 Å². The molecule has 166 valence electrons. The van der Waals surface area contributed by atoms with E-state index in [0.717, 1.165) is 21.7 Å². The van der Waals surface area contributed by atoms with Gasteiger partial charge in [0.25, 0.3) is 0 Å². The second-order valence-corrected chi connectivity index (χ2v) is 8.63. The number of aliphatic hydroxyl groups is 1. The van der Waals surface area contributed by atoms with Crippen molar-refractivity contribution in [3.8, 4) is 10.4 Å². The van der Waals surface area contributed by atoms with Crippen molar-refractivity contribution in [2.24, 2.45) is 0 Å². The molecule has 2 aromatic carbocycles. The van der Waals surface area contributed by atoms with Crippen LogP contribution in [0.25, 0.3) is 10.4 Å². The van der Waals surface area contributed by atoms with Gasteiger partial charge in [0.05, 0.1) is 28.2 Å². The number of esters is 1. The van der Waals surface area contributed by atoms with E-state index in [1.54, 1.807) is 16.8 Å². The molecule has 4 rings (SSSR count). The summed E-state index contributed by atoms with van der Waals surface area (Å²) in [5.41, 5.74) is 5.23. The molecule has 0 spiro atoms. The van der Waals surface area contributed by atoms with Crippen LogP contribution in [0.2, 0.25) is 0 Å². The maximum atomic E-state index is 13.0. The van der Waals surface area contributed by atoms with E-state index < -0.39 is 24.2 Å². The summed E-state index contributed by atoms with van der Waals surface area (Å²) in [4.78, 5) is 31.1. The van der Waals surface area contributed by atoms with Gasteiger partial charge in [-0.1, -0.05) is 54.6 Å². The summed E-state index contributed by atoms with van der Waals surface area (Å²) in [7, 11) is 0. The standard InChI is InChI=1S/C24H25N3O4S/c1-15-22(32-14-26-15)18-9-7-17(8-10-18)21(27-23(29)20-11-19(28)12-25-20)24(30)31-13-16-5-3-2-4-6-16/h2-10,14,19-21,25,28H,11-13H2,1H3,(H,27,29)/t19-,20?,21-/m1/s1. The van der Waals surface area contributed by atoms with E-state index >= 15 is 0 Å². The molecule has 32 heavy (non-hydrogen) atoms. The zero-order valence-electron chi connectivity index (χ0n) is 17.7. The minimum atomic E-state index is -0.956. The van der Waals surface area contributed by atoms with Gasteiger partial charge >= 0.3 is 5.97 Å². The molecule has 1 fully saturated rings. The Morgan fingerprint density at radius 2 is 1.97 bits per heavy atom. The van der Waals surface area contributed by atoms with Crippen LogP contribution in [0.1, 0.15) is 29.3 Å². The number of amides is 1. The number of nitrogens with zero attached hydrogens (tertiary/aromatic N) is 1. The number of carbonyl (C=O) groups excluding carboxylic acids is 2. The molecule has 7 nitrogen and oxygen atoms in total. The summed E-state index contributed by atoms with van der Waals surface area (Å²) in [5.74, 6) is -0.881. The van der Waals surface area contributed by atoms with Crippen LogP contribution >= 0.6 is 11.3 Å². The molecular weight excluding hydrogens is 426 g/mol. The molecule has 3 N–H and O–H groups in total. The number of β-amino-alcohol motifs (C(OH)–C–C–N with tert-alkyl or cyclic N) is 1. The van der Waals surface area contributed by atoms with Crippen LogP contribution in [0.5, 0.6) is 0 Å². The summed E-state index contributed by atoms with van der Waals surface area (Å²) in [5, 5.41) is 15.5. The summed E-state index contributed by atoms with van der Waals surface area (Å²) in [6.45, 7) is 2.42. The molecular formula is C24H25N3O4S. The van der Waals surface area contributed by atoms with Gasteiger partial charge in [-0.25, -0.2) is 9.78 Å². The Morgan fingerprint density at radius 1 is 1.22 bits per heavy atom. The Hall–Kier alpha value is -3.07. The number of aryl methyl sites for hydroxylation is 1. The highest BCUT2D eigenvalue weighted by Crippen LogP contribution is 2.28. The van der Waals surface area contributed by atoms with Crippen molar-refractivity contribution >= 4 is 23.2 Å². The molecule has 0 radical (unpaired) electrons. The lowest BCUT2D eigenvalue weighted by atomic mass is 10.0. The summed E-state index contributed by atoms with van der Waals surface area (Å²) in [6.07, 6.45) is -0.266. The van der Waals surface area contributed by atoms with Crippen LogP contribution in [0, 0.1) is 6.92 Å². The average molecular weight is 452 g/mol. The van der Waals surface area contributed by atoms with Gasteiger partial charge in [-0.05, 0) is 30.0 Å². The van der Waals surface area contributed by atoms with Crippen molar-refractivity contribution in [2.75, 3.05) is 6.54 Å². The normalized spacial score (nSPS) is 18.8. The number of hydrogen-bond acceptors (Lipinski definition) is 7. The number of ether oxygens (including phenoxy) is 1. The average Bonchev–Trinajstić information content (AvgIpc) is 3.45. The topological polar surface area (TPSA) is 101 Å². The number of rotatable bonds is 7. The molecule has 3 atom stereocenters. The summed E-state index contributed by atoms with van der Waals surface area (Å²) >= 11 is 1.55. The molecule has 1 saturated heterocycles. The molecule has 1 unspecified atom stereocenters. The van der Waals surface area contributed by atoms with Gasteiger partial charge in [0.15, 0.2) is 6.04 Å². The van der Waals surface area contributed by atoms with E-state index in [-0.39, 0.29) is 12.5 Å². The zero-order valence-corrected chi connectivity index (χ0v) is 18.5. The fraction of sp³-hybridized carbons (Fsp3) is 0.292. The second-order valence-electron chi connectivity index (χ2n) is 7.77. The summed E-state index contributed by atoms with van der Waals surface area (Å²) in [6, 6.07) is 15.3. The molecule has 0 saturated carbocycles. The molecule has 1 aromatic heterocycles. The highest BCUT2D eigenvalue weighted by molar-refractivity contribution is 7.13. The van der Waals surface area contributed by atoms with Crippen molar-refractivity contribution in [1.82, 2.24) is 15.6 Å². The van der Waals surface area contributed by atoms with Crippen LogP contribution < -0.4 is 10.6 Å². The first-order valence-corrected chi connectivity index (χ1v) is 11.3. The highest BCUT2D eigenvalue weighted by atomic mass is 32.1. The predicted octanol–water partition coefficient (Wildman–Crippen LogP) is 2.74. The maximum absolute atomic E-state index is 13.0. The van der Waals surface area contributed by atoms with E-state index in [2.05, 4.69) is 15.6 Å². The van der Waals surface area contributed by atoms with Gasteiger partial charge in [0.1, 0.15) is 6.61 Å². The number of thiazole rings is 1. The molecule has 1 aliphatic heterocycles. The van der Waals surface area contributed by atoms with E-state index in [1.165, 1.54) is 0 Å². The molecule has 0 bridgehead atoms. The Labute approximate surface area is 190 Å². The van der Waals surface area contributed by atoms with Gasteiger partial charge < -0.3 is 20.5 Å². The van der Waals surface area contributed by atoms with Crippen molar-refractivity contribution < 1.29 is 19.4 Å². The smallest absolute Gasteiger partial charge is 0.333 e. The minimum absolute atomic E-state index is 0.116. The first-order valence-electron chi connectivity index (χ1n) is 10.4. The molecule has 0 aliphatic carbocycles. The Morgan fingerprint density at radius 3 is 2.59 bits per heavy atom. The van der Waals surface area contributed by atoms with Crippen LogP contribution in [-0.4, -0.2) is 40.7 Å². The Kier molecular flexibility index (Phi) is 6.94. The number of nitrogens with one attached hydrogen (secondary N) is 2. The lowest BCUT2D eigenvalue weighted by Gasteiger charge is -2.20. The van der Waals surface area contributed by atoms with E-state index in [4.69, 9.17) is 4.74 Å². The van der Waals surface area contributed by atoms with Crippen LogP contribution in [-0.2, 0) is 20.9 Å². The fourth-order valence-electron chi connectivity index (χ4n) is 3.66. The van der Waals surface area contributed by atoms with Crippen LogP contribution in [0.15, 0.2) is 60.1 Å². The van der Waals surface area contributed by atoms with Crippen LogP contribution in [0.3, 0.4) is 0 Å². The monoisotopic (exact) mass is 451 g/mol. The number of benzene rings is 2. The third-order valence-corrected chi connectivity index (χ3v) is 6.40. The fourth-order valence-corrected chi connectivity index (χ4v) is 4.47. The SMILES string of the molecule is Cc1ncsc1-c1ccc([C@@H](NC(=O)C2C[C@@H](O)CN2)C(=O)OCc2ccccc2)cc1. The number of hydrogen-bond donors (Lipinski definition) is 3. The largest absolute Gasteiger partial charge is 0.459 e. The van der Waals surface area contributed by atoms with Crippen molar-refractivity contribution in [3.63, 3.8) is 0 Å². The molecule has 8 heteroatoms. The molecule has 1 amide bonds. The van der Waals surface area contributed by atoms with Gasteiger partial charge in [0, 0.05) is 6.54 Å². The van der Waals surface area contributed by atoms with Crippen molar-refractivity contribution in [1.29, 1.82) is 0 Å². The van der Waals surface area contributed by atoms with Crippen LogP contribution in [0.4, 0.5) is 0 Å². The van der Waals surface area contributed by atoms with Crippen molar-refractivity contribution in [3.05, 3.63) is 76.9 Å². The Bertz CT molecular complexity index is 1070. The third-order valence-electron chi connectivity index (χ3n) is 5.42. The number of aromatic nitrogens is 1. The second kappa shape index (κ2) is 10.0. The minimum Gasteiger partial charge on any atom is -0.459 e.